The highest BCUT2D eigenvalue weighted by Crippen LogP contribution is 2.38. The molecule has 9 aromatic rings. The SMILES string of the molecule is C=CCOC(=O)c1ccc(NC(=O)c2ccc(NC(=O)c3ccc(NC(=O)CN)c(OC(C)C)c3)c(OCC(C)C)c2)c(OC(C)C)c1.CC(C)COc1cc(C(N)=O)ccc1NC(=O)c1ccc(NC(=O)c2ccc([N+](=O)[O-])c(OCCO)c2)c(OCC(C)C)c1.CCCOc1cc(C(N)=O)ccc1NC(=O)c1ccc(NC(=O)c2ccc([N+](=O)[O-])c(OCC(C)C)c2)c(OCC(C)C)c1. The van der Waals surface area contributed by atoms with Crippen molar-refractivity contribution in [3.05, 3.63) is 247 Å². The van der Waals surface area contributed by atoms with Gasteiger partial charge in [0, 0.05) is 68.8 Å². The molecule has 0 aliphatic carbocycles. The lowest BCUT2D eigenvalue weighted by atomic mass is 10.1. The number of nitro benzene ring substituents is 2. The molecule has 0 aliphatic heterocycles. The van der Waals surface area contributed by atoms with Gasteiger partial charge in [0.25, 0.3) is 35.4 Å². The molecule has 0 radical (unpaired) electrons. The Morgan fingerprint density at radius 1 is 0.353 bits per heavy atom. The summed E-state index contributed by atoms with van der Waals surface area (Å²) in [7, 11) is 0. The van der Waals surface area contributed by atoms with Crippen molar-refractivity contribution in [2.45, 2.75) is 122 Å². The minimum absolute atomic E-state index is 0.00852. The van der Waals surface area contributed by atoms with Crippen LogP contribution in [-0.2, 0) is 9.53 Å². The second kappa shape index (κ2) is 52.5. The topological polar surface area (TPSA) is 532 Å². The third-order valence-electron chi connectivity index (χ3n) is 18.2. The summed E-state index contributed by atoms with van der Waals surface area (Å²) in [6.45, 7) is 33.4. The number of esters is 1. The Labute approximate surface area is 787 Å². The van der Waals surface area contributed by atoms with E-state index in [1.807, 2.05) is 104 Å². The van der Waals surface area contributed by atoms with E-state index in [1.54, 1.807) is 30.3 Å². The predicted octanol–water partition coefficient (Wildman–Crippen LogP) is 16.7. The van der Waals surface area contributed by atoms with Crippen LogP contribution in [0, 0.1) is 49.8 Å². The van der Waals surface area contributed by atoms with Gasteiger partial charge in [0.05, 0.1) is 120 Å². The Bertz CT molecular complexity index is 5770. The minimum atomic E-state index is -0.651. The van der Waals surface area contributed by atoms with Gasteiger partial charge in [0.1, 0.15) is 53.5 Å². The van der Waals surface area contributed by atoms with Gasteiger partial charge in [-0.2, -0.15) is 0 Å². The van der Waals surface area contributed by atoms with Crippen LogP contribution < -0.4 is 97.1 Å². The van der Waals surface area contributed by atoms with Gasteiger partial charge < -0.3 is 107 Å². The number of nitrogens with two attached hydrogens (primary N) is 3. The van der Waals surface area contributed by atoms with E-state index in [0.717, 1.165) is 6.07 Å². The molecule has 0 saturated heterocycles. The molecule has 0 saturated carbocycles. The Morgan fingerprint density at radius 3 is 0.875 bits per heavy atom. The van der Waals surface area contributed by atoms with Crippen molar-refractivity contribution in [1.82, 2.24) is 0 Å². The van der Waals surface area contributed by atoms with E-state index in [0.29, 0.717) is 84.2 Å². The van der Waals surface area contributed by atoms with Crippen LogP contribution in [0.25, 0.3) is 0 Å². The number of ether oxygens (including phenoxy) is 10. The lowest BCUT2D eigenvalue weighted by Gasteiger charge is -2.18. The number of carbonyl (C=O) groups is 10. The number of aliphatic hydroxyl groups excluding tert-OH is 1. The summed E-state index contributed by atoms with van der Waals surface area (Å²) in [5.74, 6) is -2.77. The Balaban J connectivity index is 0.000000278. The zero-order valence-electron chi connectivity index (χ0n) is 78.6. The number of rotatable bonds is 46. The second-order valence-electron chi connectivity index (χ2n) is 33.2. The third kappa shape index (κ3) is 33.6. The van der Waals surface area contributed by atoms with Crippen LogP contribution in [0.1, 0.15) is 203 Å². The van der Waals surface area contributed by atoms with Crippen molar-refractivity contribution < 1.29 is 110 Å². The maximum atomic E-state index is 13.4. The van der Waals surface area contributed by atoms with Crippen molar-refractivity contribution in [1.29, 1.82) is 0 Å². The van der Waals surface area contributed by atoms with Crippen molar-refractivity contribution in [3.8, 4) is 51.7 Å². The number of benzene rings is 9. The molecule has 136 heavy (non-hydrogen) atoms. The van der Waals surface area contributed by atoms with Crippen LogP contribution in [0.5, 0.6) is 51.7 Å². The molecule has 0 fully saturated rings. The highest BCUT2D eigenvalue weighted by Gasteiger charge is 2.27. The van der Waals surface area contributed by atoms with Crippen molar-refractivity contribution >= 4 is 110 Å². The van der Waals surface area contributed by atoms with Crippen LogP contribution in [-0.4, -0.2) is 152 Å². The van der Waals surface area contributed by atoms with Crippen LogP contribution in [0.15, 0.2) is 176 Å². The molecule has 0 unspecified atom stereocenters. The summed E-state index contributed by atoms with van der Waals surface area (Å²) in [6, 6.07) is 39.4. The van der Waals surface area contributed by atoms with E-state index < -0.39 is 69.0 Å². The number of primary amides is 2. The zero-order chi connectivity index (χ0) is 100. The molecule has 9 aromatic carbocycles. The van der Waals surface area contributed by atoms with E-state index in [4.69, 9.17) is 69.7 Å². The fourth-order valence-electron chi connectivity index (χ4n) is 11.8. The first-order chi connectivity index (χ1) is 64.6. The first-order valence-corrected chi connectivity index (χ1v) is 43.7. The molecule has 37 heteroatoms. The molecule has 724 valence electrons. The molecular weight excluding hydrogens is 1760 g/mol. The average Bonchev–Trinajstić information content (AvgIpc) is 0.806. The van der Waals surface area contributed by atoms with Crippen molar-refractivity contribution in [2.24, 2.45) is 46.8 Å². The standard InChI is InChI=1S/C36H44N4O8.C32H38N4O8.C31H36N4O9/c1-8-15-45-36(44)26-11-14-29(32(18-26)48-23(6)7)40-34(42)24-9-12-27(30(16-24)46-20-21(2)3)39-35(43)25-10-13-28(38-33(41)19-37)31(17-25)47-22(4)5;1-6-13-42-27-14-21(30(33)37)7-10-24(27)34-31(38)22-8-11-25(28(15-22)43-17-19(2)3)35-32(39)23-9-12-26(36(40)41)29(16-23)44-18-20(4)5;1-18(2)16-43-26-13-20(29(32)37)5-8-23(26)33-30(38)21-6-9-24(27(14-21)44-17-19(3)4)34-31(39)22-7-10-25(35(40)41)28(15-22)42-12-11-36/h8-14,16-18,21-23H,1,15,19-20,37H2,2-7H3,(H,38,41)(H,39,43)(H,40,42);7-12,14-16,19-20H,6,13,17-18H2,1-5H3,(H2,33,37)(H,34,38)(H,35,39);5-10,13-15,18-19,36H,11-12,16-17H2,1-4H3,(H2,32,37)(H,33,38)(H,34,39). The predicted molar refractivity (Wildman–Crippen MR) is 516 cm³/mol. The highest BCUT2D eigenvalue weighted by atomic mass is 16.6. The molecule has 0 aliphatic rings. The van der Waals surface area contributed by atoms with Gasteiger partial charge in [0.15, 0.2) is 11.5 Å². The van der Waals surface area contributed by atoms with Gasteiger partial charge in [-0.1, -0.05) is 88.8 Å². The van der Waals surface area contributed by atoms with Crippen LogP contribution in [0.2, 0.25) is 0 Å². The first-order valence-electron chi connectivity index (χ1n) is 43.7. The van der Waals surface area contributed by atoms with E-state index in [2.05, 4.69) is 43.8 Å². The first kappa shape index (κ1) is 107. The number of amides is 9. The van der Waals surface area contributed by atoms with Gasteiger partial charge in [0.2, 0.25) is 17.7 Å². The summed E-state index contributed by atoms with van der Waals surface area (Å²) >= 11 is 0. The number of nitrogens with one attached hydrogen (secondary N) is 7. The summed E-state index contributed by atoms with van der Waals surface area (Å²) in [4.78, 5) is 149. The van der Waals surface area contributed by atoms with Crippen molar-refractivity contribution in [3.63, 3.8) is 0 Å². The normalized spacial score (nSPS) is 10.8. The summed E-state index contributed by atoms with van der Waals surface area (Å²) in [5.41, 5.74) is 19.9. The number of nitrogens with zero attached hydrogens (tertiary/aromatic N) is 2. The number of aliphatic hydroxyl groups is 1. The smallest absolute Gasteiger partial charge is 0.338 e. The number of carbonyl (C=O) groups excluding carboxylic acids is 10. The van der Waals surface area contributed by atoms with E-state index in [-0.39, 0.29) is 183 Å². The molecule has 0 bridgehead atoms. The van der Waals surface area contributed by atoms with Crippen LogP contribution in [0.4, 0.5) is 51.2 Å². The Morgan fingerprint density at radius 2 is 0.596 bits per heavy atom. The number of hydrogen-bond donors (Lipinski definition) is 11. The largest absolute Gasteiger partial charge is 0.491 e. The fourth-order valence-corrected chi connectivity index (χ4v) is 11.8. The molecule has 9 rings (SSSR count). The maximum absolute atomic E-state index is 13.4. The van der Waals surface area contributed by atoms with Crippen molar-refractivity contribution in [2.75, 3.05) is 103 Å². The highest BCUT2D eigenvalue weighted by molar-refractivity contribution is 6.12. The second-order valence-corrected chi connectivity index (χ2v) is 33.2. The maximum Gasteiger partial charge on any atom is 0.338 e. The molecule has 0 atom stereocenters. The monoisotopic (exact) mass is 1870 g/mol. The zero-order valence-corrected chi connectivity index (χ0v) is 78.6. The van der Waals surface area contributed by atoms with Gasteiger partial charge >= 0.3 is 17.3 Å². The minimum Gasteiger partial charge on any atom is -0.491 e. The number of hydrogen-bond acceptors (Lipinski definition) is 26. The summed E-state index contributed by atoms with van der Waals surface area (Å²) in [5, 5.41) is 51.3. The lowest BCUT2D eigenvalue weighted by molar-refractivity contribution is -0.386. The molecule has 0 aromatic heterocycles. The molecule has 0 spiro atoms. The number of nitro groups is 2. The Hall–Kier alpha value is -15.7. The van der Waals surface area contributed by atoms with Gasteiger partial charge in [-0.3, -0.25) is 63.4 Å². The van der Waals surface area contributed by atoms with Crippen LogP contribution in [0.3, 0.4) is 0 Å². The lowest BCUT2D eigenvalue weighted by Crippen LogP contribution is -2.23. The van der Waals surface area contributed by atoms with E-state index in [9.17, 15) is 68.2 Å². The van der Waals surface area contributed by atoms with E-state index in [1.165, 1.54) is 133 Å². The summed E-state index contributed by atoms with van der Waals surface area (Å²) < 4.78 is 57.1. The molecular formula is C99H118N12O25. The average molecular weight is 1880 g/mol. The van der Waals surface area contributed by atoms with Gasteiger partial charge in [-0.25, -0.2) is 4.79 Å². The quantitative estimate of drug-likeness (QED) is 0.00730. The molecule has 0 heterocycles. The van der Waals surface area contributed by atoms with Crippen LogP contribution >= 0.6 is 0 Å². The summed E-state index contributed by atoms with van der Waals surface area (Å²) in [6.07, 6.45) is 1.71. The van der Waals surface area contributed by atoms with Gasteiger partial charge in [-0.15, -0.1) is 0 Å². The number of anilines is 7. The molecule has 14 N–H and O–H groups in total. The van der Waals surface area contributed by atoms with E-state index >= 15 is 0 Å². The fraction of sp³-hybridized carbons (Fsp3) is 0.333. The van der Waals surface area contributed by atoms with Gasteiger partial charge in [-0.05, 0) is 203 Å². The molecule has 9 amide bonds. The third-order valence-corrected chi connectivity index (χ3v) is 18.2. The molecule has 37 nitrogen and oxygen atoms in total. The Kier molecular flexibility index (Phi) is 41.5.